The minimum absolute atomic E-state index is 0.0720. The van der Waals surface area contributed by atoms with Crippen LogP contribution in [0.1, 0.15) is 21.5 Å². The third-order valence-corrected chi connectivity index (χ3v) is 5.73. The fourth-order valence-electron chi connectivity index (χ4n) is 2.74. The average Bonchev–Trinajstić information content (AvgIpc) is 2.70. The third kappa shape index (κ3) is 4.94. The molecular formula is C22H22N2O4S. The molecule has 3 rings (SSSR count). The highest BCUT2D eigenvalue weighted by atomic mass is 32.2. The van der Waals surface area contributed by atoms with Gasteiger partial charge in [0.05, 0.1) is 17.7 Å². The Kier molecular flexibility index (Phi) is 5.89. The van der Waals surface area contributed by atoms with Crippen LogP contribution in [0.25, 0.3) is 0 Å². The molecule has 0 spiro atoms. The first-order valence-corrected chi connectivity index (χ1v) is 10.4. The lowest BCUT2D eigenvalue weighted by atomic mass is 10.1. The van der Waals surface area contributed by atoms with Crippen molar-refractivity contribution >= 4 is 27.3 Å². The van der Waals surface area contributed by atoms with Gasteiger partial charge in [-0.1, -0.05) is 23.8 Å². The van der Waals surface area contributed by atoms with Crippen LogP contribution in [0.4, 0.5) is 11.4 Å². The third-order valence-electron chi connectivity index (χ3n) is 4.33. The van der Waals surface area contributed by atoms with E-state index in [1.807, 2.05) is 32.0 Å². The smallest absolute Gasteiger partial charge is 0.261 e. The lowest BCUT2D eigenvalue weighted by Gasteiger charge is -2.12. The highest BCUT2D eigenvalue weighted by Gasteiger charge is 2.16. The SMILES string of the molecule is COc1ccc(C)cc1NC(=O)c1ccc(S(=O)(=O)Nc2ccc(C)cc2)cc1. The van der Waals surface area contributed by atoms with Gasteiger partial charge in [0.15, 0.2) is 0 Å². The fraction of sp³-hybridized carbons (Fsp3) is 0.136. The van der Waals surface area contributed by atoms with Crippen LogP contribution < -0.4 is 14.8 Å². The Bertz CT molecular complexity index is 1120. The normalized spacial score (nSPS) is 11.0. The number of nitrogens with one attached hydrogen (secondary N) is 2. The Morgan fingerprint density at radius 3 is 2.10 bits per heavy atom. The molecule has 7 heteroatoms. The van der Waals surface area contributed by atoms with Crippen LogP contribution in [0.5, 0.6) is 5.75 Å². The summed E-state index contributed by atoms with van der Waals surface area (Å²) in [5, 5.41) is 2.79. The number of aryl methyl sites for hydroxylation is 2. The molecule has 0 aliphatic carbocycles. The van der Waals surface area contributed by atoms with E-state index < -0.39 is 10.0 Å². The van der Waals surface area contributed by atoms with Gasteiger partial charge in [-0.3, -0.25) is 9.52 Å². The maximum absolute atomic E-state index is 12.6. The minimum Gasteiger partial charge on any atom is -0.495 e. The topological polar surface area (TPSA) is 84.5 Å². The van der Waals surface area contributed by atoms with Crippen LogP contribution in [-0.2, 0) is 10.0 Å². The van der Waals surface area contributed by atoms with Crippen molar-refractivity contribution in [2.24, 2.45) is 0 Å². The van der Waals surface area contributed by atoms with E-state index in [9.17, 15) is 13.2 Å². The number of hydrogen-bond donors (Lipinski definition) is 2. The predicted molar refractivity (Wildman–Crippen MR) is 114 cm³/mol. The number of carbonyl (C=O) groups is 1. The van der Waals surface area contributed by atoms with Crippen molar-refractivity contribution in [3.05, 3.63) is 83.4 Å². The number of benzene rings is 3. The Hall–Kier alpha value is -3.32. The van der Waals surface area contributed by atoms with Crippen LogP contribution in [0.2, 0.25) is 0 Å². The largest absolute Gasteiger partial charge is 0.495 e. The summed E-state index contributed by atoms with van der Waals surface area (Å²) in [6, 6.07) is 18.3. The van der Waals surface area contributed by atoms with Gasteiger partial charge in [-0.05, 0) is 67.9 Å². The van der Waals surface area contributed by atoms with E-state index in [2.05, 4.69) is 10.0 Å². The number of hydrogen-bond acceptors (Lipinski definition) is 4. The van der Waals surface area contributed by atoms with E-state index >= 15 is 0 Å². The molecule has 0 bridgehead atoms. The molecular weight excluding hydrogens is 388 g/mol. The first-order valence-electron chi connectivity index (χ1n) is 8.94. The zero-order valence-electron chi connectivity index (χ0n) is 16.4. The summed E-state index contributed by atoms with van der Waals surface area (Å²) >= 11 is 0. The van der Waals surface area contributed by atoms with E-state index in [4.69, 9.17) is 4.74 Å². The zero-order chi connectivity index (χ0) is 21.0. The van der Waals surface area contributed by atoms with Crippen molar-refractivity contribution in [2.45, 2.75) is 18.7 Å². The first-order chi connectivity index (χ1) is 13.8. The molecule has 0 aromatic heterocycles. The van der Waals surface area contributed by atoms with Crippen LogP contribution in [0, 0.1) is 13.8 Å². The Morgan fingerprint density at radius 2 is 1.48 bits per heavy atom. The summed E-state index contributed by atoms with van der Waals surface area (Å²) in [5.74, 6) is 0.190. The Balaban J connectivity index is 1.76. The van der Waals surface area contributed by atoms with Gasteiger partial charge in [-0.15, -0.1) is 0 Å². The van der Waals surface area contributed by atoms with Crippen LogP contribution >= 0.6 is 0 Å². The van der Waals surface area contributed by atoms with Crippen molar-refractivity contribution in [3.8, 4) is 5.75 Å². The minimum atomic E-state index is -3.75. The molecule has 3 aromatic carbocycles. The monoisotopic (exact) mass is 410 g/mol. The number of amides is 1. The number of ether oxygens (including phenoxy) is 1. The molecule has 0 radical (unpaired) electrons. The highest BCUT2D eigenvalue weighted by Crippen LogP contribution is 2.26. The van der Waals surface area contributed by atoms with Gasteiger partial charge in [-0.2, -0.15) is 0 Å². The van der Waals surface area contributed by atoms with Gasteiger partial charge >= 0.3 is 0 Å². The van der Waals surface area contributed by atoms with E-state index in [1.54, 1.807) is 24.3 Å². The molecule has 0 atom stereocenters. The summed E-state index contributed by atoms with van der Waals surface area (Å²) in [5.41, 5.74) is 3.38. The van der Waals surface area contributed by atoms with E-state index in [-0.39, 0.29) is 10.8 Å². The molecule has 0 fully saturated rings. The molecule has 0 saturated heterocycles. The van der Waals surface area contributed by atoms with E-state index in [0.29, 0.717) is 22.7 Å². The summed E-state index contributed by atoms with van der Waals surface area (Å²) in [6.07, 6.45) is 0. The van der Waals surface area contributed by atoms with Crippen molar-refractivity contribution in [1.82, 2.24) is 0 Å². The van der Waals surface area contributed by atoms with Gasteiger partial charge < -0.3 is 10.1 Å². The lowest BCUT2D eigenvalue weighted by Crippen LogP contribution is -2.15. The first kappa shape index (κ1) is 20.4. The second-order valence-electron chi connectivity index (χ2n) is 6.65. The van der Waals surface area contributed by atoms with Gasteiger partial charge in [-0.25, -0.2) is 8.42 Å². The highest BCUT2D eigenvalue weighted by molar-refractivity contribution is 7.92. The van der Waals surface area contributed by atoms with Crippen LogP contribution in [-0.4, -0.2) is 21.4 Å². The maximum Gasteiger partial charge on any atom is 0.261 e. The number of anilines is 2. The van der Waals surface area contributed by atoms with Crippen molar-refractivity contribution < 1.29 is 17.9 Å². The molecule has 2 N–H and O–H groups in total. The van der Waals surface area contributed by atoms with Crippen LogP contribution in [0.15, 0.2) is 71.6 Å². The molecule has 6 nitrogen and oxygen atoms in total. The van der Waals surface area contributed by atoms with Gasteiger partial charge in [0.25, 0.3) is 15.9 Å². The average molecular weight is 410 g/mol. The maximum atomic E-state index is 12.6. The molecule has 29 heavy (non-hydrogen) atoms. The molecule has 0 aliphatic heterocycles. The second kappa shape index (κ2) is 8.36. The van der Waals surface area contributed by atoms with Crippen LogP contribution in [0.3, 0.4) is 0 Å². The fourth-order valence-corrected chi connectivity index (χ4v) is 3.79. The standard InChI is InChI=1S/C22H22N2O4S/c1-15-4-9-18(10-5-15)24-29(26,27)19-11-7-17(8-12-19)22(25)23-20-14-16(2)6-13-21(20)28-3/h4-14,24H,1-3H3,(H,23,25). The molecule has 0 saturated carbocycles. The van der Waals surface area contributed by atoms with Crippen molar-refractivity contribution in [1.29, 1.82) is 0 Å². The predicted octanol–water partition coefficient (Wildman–Crippen LogP) is 4.37. The summed E-state index contributed by atoms with van der Waals surface area (Å²) in [4.78, 5) is 12.6. The van der Waals surface area contributed by atoms with E-state index in [0.717, 1.165) is 11.1 Å². The number of rotatable bonds is 6. The van der Waals surface area contributed by atoms with Gasteiger partial charge in [0, 0.05) is 11.3 Å². The Morgan fingerprint density at radius 1 is 0.862 bits per heavy atom. The van der Waals surface area contributed by atoms with E-state index in [1.165, 1.54) is 31.4 Å². The number of methoxy groups -OCH3 is 1. The van der Waals surface area contributed by atoms with Crippen molar-refractivity contribution in [2.75, 3.05) is 17.1 Å². The summed E-state index contributed by atoms with van der Waals surface area (Å²) < 4.78 is 32.9. The van der Waals surface area contributed by atoms with Gasteiger partial charge in [0.2, 0.25) is 0 Å². The Labute approximate surface area is 170 Å². The number of sulfonamides is 1. The van der Waals surface area contributed by atoms with Crippen molar-refractivity contribution in [3.63, 3.8) is 0 Å². The van der Waals surface area contributed by atoms with Gasteiger partial charge in [0.1, 0.15) is 5.75 Å². The second-order valence-corrected chi connectivity index (χ2v) is 8.34. The summed E-state index contributed by atoms with van der Waals surface area (Å²) in [7, 11) is -2.22. The molecule has 1 amide bonds. The molecule has 0 heterocycles. The zero-order valence-corrected chi connectivity index (χ0v) is 17.2. The lowest BCUT2D eigenvalue weighted by molar-refractivity contribution is 0.102. The summed E-state index contributed by atoms with van der Waals surface area (Å²) in [6.45, 7) is 3.84. The quantitative estimate of drug-likeness (QED) is 0.632. The molecule has 3 aromatic rings. The molecule has 0 aliphatic rings. The molecule has 150 valence electrons. The molecule has 0 unspecified atom stereocenters. The number of carbonyl (C=O) groups excluding carboxylic acids is 1.